The molecular formula is C21H17ClN2O. The van der Waals surface area contributed by atoms with Crippen molar-refractivity contribution in [3.05, 3.63) is 88.4 Å². The first-order valence-electron chi connectivity index (χ1n) is 8.39. The average molecular weight is 349 g/mol. The lowest BCUT2D eigenvalue weighted by Crippen LogP contribution is -2.20. The van der Waals surface area contributed by atoms with Gasteiger partial charge in [0.2, 0.25) is 0 Å². The lowest BCUT2D eigenvalue weighted by atomic mass is 10.1. The summed E-state index contributed by atoms with van der Waals surface area (Å²) in [5.41, 5.74) is 5.65. The van der Waals surface area contributed by atoms with Crippen molar-refractivity contribution in [3.63, 3.8) is 0 Å². The van der Waals surface area contributed by atoms with Crippen LogP contribution in [0.3, 0.4) is 0 Å². The Bertz CT molecular complexity index is 1090. The molecule has 1 aliphatic rings. The number of hydrogen-bond donors (Lipinski definition) is 1. The Morgan fingerprint density at radius 2 is 2.04 bits per heavy atom. The van der Waals surface area contributed by atoms with Crippen molar-refractivity contribution in [1.82, 2.24) is 9.88 Å². The summed E-state index contributed by atoms with van der Waals surface area (Å²) in [5, 5.41) is 5.55. The summed E-state index contributed by atoms with van der Waals surface area (Å²) in [6.45, 7) is 2.87. The van der Waals surface area contributed by atoms with E-state index < -0.39 is 0 Å². The van der Waals surface area contributed by atoms with E-state index in [4.69, 9.17) is 16.0 Å². The molecule has 1 N–H and O–H groups in total. The molecule has 1 unspecified atom stereocenters. The molecule has 5 rings (SSSR count). The first-order chi connectivity index (χ1) is 12.2. The van der Waals surface area contributed by atoms with Crippen LogP contribution in [-0.2, 0) is 6.54 Å². The van der Waals surface area contributed by atoms with Crippen molar-refractivity contribution in [3.8, 4) is 5.69 Å². The van der Waals surface area contributed by atoms with Gasteiger partial charge in [-0.15, -0.1) is 0 Å². The van der Waals surface area contributed by atoms with Crippen molar-refractivity contribution in [2.75, 3.05) is 0 Å². The summed E-state index contributed by atoms with van der Waals surface area (Å²) in [6.07, 6.45) is 2.08. The van der Waals surface area contributed by atoms with E-state index in [1.165, 1.54) is 16.5 Å². The van der Waals surface area contributed by atoms with E-state index in [1.54, 1.807) is 0 Å². The Kier molecular flexibility index (Phi) is 3.27. The van der Waals surface area contributed by atoms with Crippen molar-refractivity contribution < 1.29 is 4.42 Å². The van der Waals surface area contributed by atoms with E-state index >= 15 is 0 Å². The van der Waals surface area contributed by atoms with E-state index in [-0.39, 0.29) is 6.04 Å². The maximum Gasteiger partial charge on any atom is 0.134 e. The number of benzene rings is 2. The third-order valence-electron chi connectivity index (χ3n) is 4.96. The highest BCUT2D eigenvalue weighted by Crippen LogP contribution is 2.34. The molecule has 1 aliphatic heterocycles. The predicted molar refractivity (Wildman–Crippen MR) is 100 cm³/mol. The molecule has 0 spiro atoms. The zero-order chi connectivity index (χ0) is 17.0. The Morgan fingerprint density at radius 3 is 2.92 bits per heavy atom. The van der Waals surface area contributed by atoms with E-state index in [9.17, 15) is 0 Å². The van der Waals surface area contributed by atoms with E-state index in [2.05, 4.69) is 53.3 Å². The van der Waals surface area contributed by atoms with Gasteiger partial charge < -0.3 is 8.98 Å². The van der Waals surface area contributed by atoms with Gasteiger partial charge in [0.1, 0.15) is 17.4 Å². The lowest BCUT2D eigenvalue weighted by molar-refractivity contribution is 0.465. The Balaban J connectivity index is 1.68. The fourth-order valence-corrected chi connectivity index (χ4v) is 3.86. The molecule has 0 aliphatic carbocycles. The molecular weight excluding hydrogens is 332 g/mol. The lowest BCUT2D eigenvalue weighted by Gasteiger charge is -2.15. The summed E-state index contributed by atoms with van der Waals surface area (Å²) in [6, 6.07) is 18.6. The smallest absolute Gasteiger partial charge is 0.134 e. The van der Waals surface area contributed by atoms with Crippen LogP contribution in [0.2, 0.25) is 5.02 Å². The highest BCUT2D eigenvalue weighted by molar-refractivity contribution is 6.30. The average Bonchev–Trinajstić information content (AvgIpc) is 3.22. The van der Waals surface area contributed by atoms with Gasteiger partial charge in [0.05, 0.1) is 5.69 Å². The quantitative estimate of drug-likeness (QED) is 0.500. The van der Waals surface area contributed by atoms with Crippen molar-refractivity contribution >= 4 is 22.6 Å². The van der Waals surface area contributed by atoms with Gasteiger partial charge >= 0.3 is 0 Å². The minimum absolute atomic E-state index is 0.00650. The van der Waals surface area contributed by atoms with Gasteiger partial charge in [-0.1, -0.05) is 29.8 Å². The number of aromatic nitrogens is 1. The van der Waals surface area contributed by atoms with E-state index in [0.717, 1.165) is 34.3 Å². The zero-order valence-corrected chi connectivity index (χ0v) is 14.5. The molecule has 0 fully saturated rings. The van der Waals surface area contributed by atoms with Crippen LogP contribution < -0.4 is 5.32 Å². The standard InChI is InChI=1S/C21H17ClN2O/c1-13-4-2-6-19-16(13)11-20(25-19)21-17-5-3-9-24(17)18-10-15(22)8-7-14(18)12-23-21/h2-11,21,23H,12H2,1H3. The number of rotatable bonds is 1. The van der Waals surface area contributed by atoms with Crippen LogP contribution in [0.4, 0.5) is 0 Å². The predicted octanol–water partition coefficient (Wildman–Crippen LogP) is 5.38. The van der Waals surface area contributed by atoms with Crippen LogP contribution >= 0.6 is 11.6 Å². The minimum atomic E-state index is -0.00650. The molecule has 2 aromatic carbocycles. The van der Waals surface area contributed by atoms with Gasteiger partial charge in [0.25, 0.3) is 0 Å². The Labute approximate surface area is 150 Å². The molecule has 25 heavy (non-hydrogen) atoms. The van der Waals surface area contributed by atoms with Gasteiger partial charge in [-0.2, -0.15) is 0 Å². The molecule has 4 heteroatoms. The second kappa shape index (κ2) is 5.51. The summed E-state index contributed by atoms with van der Waals surface area (Å²) in [4.78, 5) is 0. The molecule has 1 atom stereocenters. The van der Waals surface area contributed by atoms with Crippen molar-refractivity contribution in [1.29, 1.82) is 0 Å². The Hall–Kier alpha value is -2.49. The van der Waals surface area contributed by atoms with Gasteiger partial charge in [-0.05, 0) is 54.4 Å². The molecule has 3 heterocycles. The normalized spacial score (nSPS) is 16.5. The topological polar surface area (TPSA) is 30.1 Å². The molecule has 124 valence electrons. The highest BCUT2D eigenvalue weighted by Gasteiger charge is 2.25. The van der Waals surface area contributed by atoms with Crippen molar-refractivity contribution in [2.24, 2.45) is 0 Å². The molecule has 0 radical (unpaired) electrons. The summed E-state index contributed by atoms with van der Waals surface area (Å²) < 4.78 is 8.39. The zero-order valence-electron chi connectivity index (χ0n) is 13.8. The third-order valence-corrected chi connectivity index (χ3v) is 5.20. The maximum absolute atomic E-state index is 6.24. The Morgan fingerprint density at radius 1 is 1.12 bits per heavy atom. The third kappa shape index (κ3) is 2.31. The first kappa shape index (κ1) is 14.8. The van der Waals surface area contributed by atoms with Crippen LogP contribution in [0.15, 0.2) is 65.2 Å². The number of furan rings is 1. The molecule has 0 saturated carbocycles. The number of nitrogens with one attached hydrogen (secondary N) is 1. The number of hydrogen-bond acceptors (Lipinski definition) is 2. The van der Waals surface area contributed by atoms with Crippen LogP contribution in [0.5, 0.6) is 0 Å². The fraction of sp³-hybridized carbons (Fsp3) is 0.143. The summed E-state index contributed by atoms with van der Waals surface area (Å²) >= 11 is 6.24. The molecule has 2 aromatic heterocycles. The highest BCUT2D eigenvalue weighted by atomic mass is 35.5. The second-order valence-corrected chi connectivity index (χ2v) is 6.96. The van der Waals surface area contributed by atoms with Gasteiger partial charge in [0, 0.05) is 28.8 Å². The molecule has 0 amide bonds. The molecule has 0 bridgehead atoms. The summed E-state index contributed by atoms with van der Waals surface area (Å²) in [7, 11) is 0. The van der Waals surface area contributed by atoms with Crippen LogP contribution in [0, 0.1) is 6.92 Å². The van der Waals surface area contributed by atoms with Crippen LogP contribution in [0.1, 0.15) is 28.6 Å². The van der Waals surface area contributed by atoms with Gasteiger partial charge in [-0.25, -0.2) is 0 Å². The van der Waals surface area contributed by atoms with Gasteiger partial charge in [-0.3, -0.25) is 5.32 Å². The summed E-state index contributed by atoms with van der Waals surface area (Å²) in [5.74, 6) is 0.933. The number of halogens is 1. The van der Waals surface area contributed by atoms with Crippen LogP contribution in [-0.4, -0.2) is 4.57 Å². The largest absolute Gasteiger partial charge is 0.459 e. The SMILES string of the molecule is Cc1cccc2oc(C3NCc4ccc(Cl)cc4-n4cccc43)cc12. The first-order valence-corrected chi connectivity index (χ1v) is 8.77. The number of nitrogens with zero attached hydrogens (tertiary/aromatic N) is 1. The monoisotopic (exact) mass is 348 g/mol. The molecule has 0 saturated heterocycles. The van der Waals surface area contributed by atoms with E-state index in [1.807, 2.05) is 24.3 Å². The number of fused-ring (bicyclic) bond motifs is 4. The maximum atomic E-state index is 6.24. The van der Waals surface area contributed by atoms with Gasteiger partial charge in [0.15, 0.2) is 0 Å². The molecule has 4 aromatic rings. The van der Waals surface area contributed by atoms with Crippen molar-refractivity contribution in [2.45, 2.75) is 19.5 Å². The fourth-order valence-electron chi connectivity index (χ4n) is 3.69. The minimum Gasteiger partial charge on any atom is -0.459 e. The van der Waals surface area contributed by atoms with E-state index in [0.29, 0.717) is 0 Å². The van der Waals surface area contributed by atoms with Crippen LogP contribution in [0.25, 0.3) is 16.7 Å². The second-order valence-electron chi connectivity index (χ2n) is 6.53. The molecule has 3 nitrogen and oxygen atoms in total. The number of aryl methyl sites for hydroxylation is 1.